The molecule has 62 heavy (non-hydrogen) atoms. The van der Waals surface area contributed by atoms with Crippen LogP contribution in [0.15, 0.2) is 188 Å². The number of aryl methyl sites for hydroxylation is 2. The van der Waals surface area contributed by atoms with E-state index >= 15 is 0 Å². The van der Waals surface area contributed by atoms with Crippen molar-refractivity contribution in [2.24, 2.45) is 0 Å². The molecule has 4 heterocycles. The molecular weight excluding hydrogens is 755 g/mol. The zero-order valence-corrected chi connectivity index (χ0v) is 34.1. The lowest BCUT2D eigenvalue weighted by Crippen LogP contribution is -2.02. The van der Waals surface area contributed by atoms with E-state index in [-0.39, 0.29) is 0 Å². The molecule has 9 aromatic carbocycles. The second kappa shape index (κ2) is 13.2. The first-order valence-electron chi connectivity index (χ1n) is 21.2. The Labute approximate surface area is 357 Å². The largest absolute Gasteiger partial charge is 0.309 e. The molecule has 0 saturated heterocycles. The van der Waals surface area contributed by atoms with Gasteiger partial charge in [-0.15, -0.1) is 0 Å². The topological polar surface area (TPSA) is 48.0 Å². The zero-order chi connectivity index (χ0) is 41.1. The molecule has 4 aromatic heterocycles. The standard InChI is InChI=1S/C57H37N5/c1-34-14-6-7-18-40(34)50-35(2)15-12-23-47(50)57-59-55(37-16-4-3-5-17-37)58-56(60-57)38-26-30-39(31-27-38)61-48-24-10-8-20-42(48)45-32-28-36-29-33-46-44-22-13-21-43-41-19-9-11-25-49(41)62(52(43)44)54(46)51(36)53(45)61/h3-33H,1-2H3. The Morgan fingerprint density at radius 2 is 0.887 bits per heavy atom. The van der Waals surface area contributed by atoms with Crippen LogP contribution in [0.3, 0.4) is 0 Å². The van der Waals surface area contributed by atoms with E-state index in [1.807, 2.05) is 18.2 Å². The first-order chi connectivity index (χ1) is 30.6. The number of rotatable bonds is 5. The maximum absolute atomic E-state index is 5.26. The van der Waals surface area contributed by atoms with Crippen molar-refractivity contribution in [3.63, 3.8) is 0 Å². The molecule has 5 nitrogen and oxygen atoms in total. The molecular formula is C57H37N5. The molecule has 0 aliphatic rings. The highest BCUT2D eigenvalue weighted by Crippen LogP contribution is 2.45. The Hall–Kier alpha value is -8.15. The third-order valence-electron chi connectivity index (χ3n) is 13.0. The summed E-state index contributed by atoms with van der Waals surface area (Å²) in [6.07, 6.45) is 0. The van der Waals surface area contributed by atoms with Gasteiger partial charge < -0.3 is 8.97 Å². The van der Waals surface area contributed by atoms with E-state index in [9.17, 15) is 0 Å². The van der Waals surface area contributed by atoms with Crippen molar-refractivity contribution in [3.05, 3.63) is 199 Å². The van der Waals surface area contributed by atoms with Gasteiger partial charge in [0.1, 0.15) is 0 Å². The fourth-order valence-electron chi connectivity index (χ4n) is 10.2. The van der Waals surface area contributed by atoms with Gasteiger partial charge in [0.25, 0.3) is 0 Å². The molecule has 5 heteroatoms. The van der Waals surface area contributed by atoms with E-state index in [0.717, 1.165) is 33.5 Å². The summed E-state index contributed by atoms with van der Waals surface area (Å²) in [6.45, 7) is 4.32. The molecule has 13 rings (SSSR count). The van der Waals surface area contributed by atoms with Crippen molar-refractivity contribution in [2.75, 3.05) is 0 Å². The summed E-state index contributed by atoms with van der Waals surface area (Å²) in [7, 11) is 0. The minimum atomic E-state index is 0.629. The first-order valence-corrected chi connectivity index (χ1v) is 21.2. The van der Waals surface area contributed by atoms with Crippen molar-refractivity contribution in [1.29, 1.82) is 0 Å². The van der Waals surface area contributed by atoms with Crippen LogP contribution < -0.4 is 0 Å². The number of hydrogen-bond acceptors (Lipinski definition) is 3. The summed E-state index contributed by atoms with van der Waals surface area (Å²) in [5, 5.41) is 10.0. The average molecular weight is 792 g/mol. The quantitative estimate of drug-likeness (QED) is 0.174. The van der Waals surface area contributed by atoms with Crippen molar-refractivity contribution in [3.8, 4) is 51.0 Å². The lowest BCUT2D eigenvalue weighted by molar-refractivity contribution is 1.07. The predicted octanol–water partition coefficient (Wildman–Crippen LogP) is 14.6. The third-order valence-corrected chi connectivity index (χ3v) is 13.0. The lowest BCUT2D eigenvalue weighted by Gasteiger charge is -2.16. The maximum atomic E-state index is 5.26. The number of benzene rings is 9. The maximum Gasteiger partial charge on any atom is 0.164 e. The van der Waals surface area contributed by atoms with E-state index in [0.29, 0.717) is 17.5 Å². The van der Waals surface area contributed by atoms with Crippen LogP contribution in [-0.2, 0) is 0 Å². The predicted molar refractivity (Wildman–Crippen MR) is 258 cm³/mol. The highest BCUT2D eigenvalue weighted by atomic mass is 15.0. The SMILES string of the molecule is Cc1ccccc1-c1c(C)cccc1-c1nc(-c2ccccc2)nc(-c2ccc(-n3c4ccccc4c4ccc5ccc6c7cccc8c9ccccc9n(c87)c6c5c43)cc2)n1. The van der Waals surface area contributed by atoms with Gasteiger partial charge in [0.2, 0.25) is 0 Å². The number of para-hydroxylation sites is 3. The highest BCUT2D eigenvalue weighted by molar-refractivity contribution is 6.32. The summed E-state index contributed by atoms with van der Waals surface area (Å²) < 4.78 is 4.97. The third kappa shape index (κ3) is 4.93. The molecule has 0 amide bonds. The second-order valence-corrected chi connectivity index (χ2v) is 16.5. The van der Waals surface area contributed by atoms with Crippen LogP contribution in [0.2, 0.25) is 0 Å². The zero-order valence-electron chi connectivity index (χ0n) is 34.1. The van der Waals surface area contributed by atoms with Crippen LogP contribution in [0.1, 0.15) is 11.1 Å². The normalized spacial score (nSPS) is 12.0. The fraction of sp³-hybridized carbons (Fsp3) is 0.0351. The molecule has 13 aromatic rings. The molecule has 290 valence electrons. The van der Waals surface area contributed by atoms with Crippen LogP contribution in [0.4, 0.5) is 0 Å². The fourth-order valence-corrected chi connectivity index (χ4v) is 10.2. The number of nitrogens with zero attached hydrogens (tertiary/aromatic N) is 5. The molecule has 0 unspecified atom stereocenters. The van der Waals surface area contributed by atoms with E-state index in [1.165, 1.54) is 81.8 Å². The van der Waals surface area contributed by atoms with E-state index in [1.54, 1.807) is 0 Å². The summed E-state index contributed by atoms with van der Waals surface area (Å²) in [4.78, 5) is 15.6. The van der Waals surface area contributed by atoms with E-state index < -0.39 is 0 Å². The Morgan fingerprint density at radius 1 is 0.355 bits per heavy atom. The average Bonchev–Trinajstić information content (AvgIpc) is 3.97. The first kappa shape index (κ1) is 34.7. The van der Waals surface area contributed by atoms with Gasteiger partial charge in [0.15, 0.2) is 17.5 Å². The van der Waals surface area contributed by atoms with Crippen molar-refractivity contribution in [1.82, 2.24) is 23.9 Å². The van der Waals surface area contributed by atoms with Crippen LogP contribution in [0.25, 0.3) is 122 Å². The summed E-state index contributed by atoms with van der Waals surface area (Å²) in [6, 6.07) is 67.5. The molecule has 0 fully saturated rings. The molecule has 0 aliphatic carbocycles. The molecule has 0 radical (unpaired) electrons. The molecule has 0 N–H and O–H groups in total. The Bertz CT molecular complexity index is 3930. The van der Waals surface area contributed by atoms with Crippen LogP contribution >= 0.6 is 0 Å². The van der Waals surface area contributed by atoms with Gasteiger partial charge in [-0.05, 0) is 77.9 Å². The molecule has 0 bridgehead atoms. The number of aromatic nitrogens is 5. The summed E-state index contributed by atoms with van der Waals surface area (Å²) in [5.41, 5.74) is 14.7. The monoisotopic (exact) mass is 791 g/mol. The van der Waals surface area contributed by atoms with Crippen LogP contribution in [0, 0.1) is 13.8 Å². The summed E-state index contributed by atoms with van der Waals surface area (Å²) >= 11 is 0. The molecule has 0 spiro atoms. The van der Waals surface area contributed by atoms with Gasteiger partial charge in [0, 0.05) is 60.1 Å². The van der Waals surface area contributed by atoms with Crippen molar-refractivity contribution < 1.29 is 0 Å². The molecule has 0 atom stereocenters. The van der Waals surface area contributed by atoms with E-state index in [2.05, 4.69) is 193 Å². The van der Waals surface area contributed by atoms with Crippen LogP contribution in [-0.4, -0.2) is 23.9 Å². The Kier molecular flexibility index (Phi) is 7.37. The van der Waals surface area contributed by atoms with Gasteiger partial charge in [-0.3, -0.25) is 0 Å². The van der Waals surface area contributed by atoms with Gasteiger partial charge in [-0.25, -0.2) is 15.0 Å². The van der Waals surface area contributed by atoms with Gasteiger partial charge in [0.05, 0.1) is 27.6 Å². The Morgan fingerprint density at radius 3 is 1.65 bits per heavy atom. The van der Waals surface area contributed by atoms with Crippen molar-refractivity contribution in [2.45, 2.75) is 13.8 Å². The van der Waals surface area contributed by atoms with Gasteiger partial charge >= 0.3 is 0 Å². The van der Waals surface area contributed by atoms with Crippen molar-refractivity contribution >= 4 is 70.7 Å². The van der Waals surface area contributed by atoms with Crippen LogP contribution in [0.5, 0.6) is 0 Å². The number of hydrogen-bond donors (Lipinski definition) is 0. The minimum absolute atomic E-state index is 0.629. The lowest BCUT2D eigenvalue weighted by atomic mass is 9.92. The smallest absolute Gasteiger partial charge is 0.164 e. The van der Waals surface area contributed by atoms with E-state index in [4.69, 9.17) is 15.0 Å². The summed E-state index contributed by atoms with van der Waals surface area (Å²) in [5.74, 6) is 1.92. The Balaban J connectivity index is 1.05. The minimum Gasteiger partial charge on any atom is -0.309 e. The molecule has 0 aliphatic heterocycles. The molecule has 0 saturated carbocycles. The second-order valence-electron chi connectivity index (χ2n) is 16.5. The number of fused-ring (bicyclic) bond motifs is 12. The van der Waals surface area contributed by atoms with Gasteiger partial charge in [-0.1, -0.05) is 152 Å². The van der Waals surface area contributed by atoms with Gasteiger partial charge in [-0.2, -0.15) is 0 Å². The highest BCUT2D eigenvalue weighted by Gasteiger charge is 2.23.